The maximum Gasteiger partial charge on any atom is 0.296 e. The summed E-state index contributed by atoms with van der Waals surface area (Å²) in [6, 6.07) is 6.62. The van der Waals surface area contributed by atoms with E-state index in [1.807, 2.05) is 27.7 Å². The van der Waals surface area contributed by atoms with Crippen molar-refractivity contribution in [2.24, 2.45) is 0 Å². The Hall–Kier alpha value is -0.550. The van der Waals surface area contributed by atoms with Gasteiger partial charge in [-0.25, -0.2) is 0 Å². The van der Waals surface area contributed by atoms with Crippen molar-refractivity contribution in [3.05, 3.63) is 42.0 Å². The Labute approximate surface area is 214 Å². The minimum Gasteiger partial charge on any atom is -0.386 e. The Bertz CT molecular complexity index is 869. The van der Waals surface area contributed by atoms with E-state index in [0.29, 0.717) is 25.7 Å². The fourth-order valence-electron chi connectivity index (χ4n) is 3.83. The molecule has 1 aromatic carbocycles. The zero-order valence-corrected chi connectivity index (χ0v) is 23.3. The number of aryl methyl sites for hydroxylation is 1. The van der Waals surface area contributed by atoms with Gasteiger partial charge in [0.1, 0.15) is 10.5 Å². The van der Waals surface area contributed by atoms with Gasteiger partial charge in [0.05, 0.1) is 11.5 Å². The molecule has 0 radical (unpaired) electrons. The van der Waals surface area contributed by atoms with Crippen LogP contribution < -0.4 is 0 Å². The minimum absolute atomic E-state index is 0.0800. The Morgan fingerprint density at radius 3 is 2.65 bits per heavy atom. The molecule has 3 unspecified atom stereocenters. The van der Waals surface area contributed by atoms with Crippen LogP contribution in [0.2, 0.25) is 0 Å². The highest BCUT2D eigenvalue weighted by atomic mass is 32.2. The second-order valence-corrected chi connectivity index (χ2v) is 13.0. The van der Waals surface area contributed by atoms with Crippen LogP contribution in [-0.4, -0.2) is 48.5 Å². The summed E-state index contributed by atoms with van der Waals surface area (Å²) in [5.74, 6) is 1.72. The van der Waals surface area contributed by atoms with Crippen molar-refractivity contribution in [2.45, 2.75) is 94.4 Å². The fourth-order valence-corrected chi connectivity index (χ4v) is 7.07. The van der Waals surface area contributed by atoms with E-state index in [-0.39, 0.29) is 11.5 Å². The first-order chi connectivity index (χ1) is 16.0. The third-order valence-corrected chi connectivity index (χ3v) is 9.69. The molecule has 0 amide bonds. The smallest absolute Gasteiger partial charge is 0.296 e. The van der Waals surface area contributed by atoms with Gasteiger partial charge < -0.3 is 9.84 Å². The third-order valence-electron chi connectivity index (χ3n) is 5.80. The largest absolute Gasteiger partial charge is 0.386 e. The van der Waals surface area contributed by atoms with Gasteiger partial charge in [-0.15, -0.1) is 18.3 Å². The quantitative estimate of drug-likeness (QED) is 0.147. The summed E-state index contributed by atoms with van der Waals surface area (Å²) in [5.41, 5.74) is 0.991. The molecule has 1 heterocycles. The Balaban J connectivity index is 2.04. The van der Waals surface area contributed by atoms with E-state index in [0.717, 1.165) is 41.9 Å². The molecule has 1 saturated heterocycles. The summed E-state index contributed by atoms with van der Waals surface area (Å²) in [6.45, 7) is 11.6. The van der Waals surface area contributed by atoms with Crippen LogP contribution in [0.15, 0.2) is 41.3 Å². The topological polar surface area (TPSA) is 82.1 Å². The lowest BCUT2D eigenvalue weighted by molar-refractivity contribution is -0.193. The molecule has 0 spiro atoms. The predicted octanol–water partition coefficient (Wildman–Crippen LogP) is 6.23. The maximum absolute atomic E-state index is 12.5. The normalized spacial score (nSPS) is 24.0. The number of ether oxygens (including phenoxy) is 1. The first-order valence-electron chi connectivity index (χ1n) is 11.9. The minimum atomic E-state index is -3.79. The fraction of sp³-hybridized carbons (Fsp3) is 0.680. The highest BCUT2D eigenvalue weighted by Crippen LogP contribution is 2.46. The summed E-state index contributed by atoms with van der Waals surface area (Å²) in [7, 11) is -3.79. The van der Waals surface area contributed by atoms with Crippen molar-refractivity contribution in [1.82, 2.24) is 0 Å². The van der Waals surface area contributed by atoms with Crippen molar-refractivity contribution in [1.29, 1.82) is 0 Å². The number of allylic oxidation sites excluding steroid dienone is 1. The molecule has 1 aliphatic rings. The molecule has 0 bridgehead atoms. The molecule has 9 heteroatoms. The highest BCUT2D eigenvalue weighted by Gasteiger charge is 2.49. The van der Waals surface area contributed by atoms with Gasteiger partial charge in [0.2, 0.25) is 0 Å². The van der Waals surface area contributed by atoms with Crippen molar-refractivity contribution >= 4 is 33.9 Å². The number of unbranched alkanes of at least 4 members (excludes halogenated alkanes) is 1. The lowest BCUT2D eigenvalue weighted by Gasteiger charge is -2.46. The molecule has 2 rings (SSSR count). The Morgan fingerprint density at radius 1 is 1.26 bits per heavy atom. The zero-order valence-electron chi connectivity index (χ0n) is 20.9. The van der Waals surface area contributed by atoms with Crippen LogP contribution in [0, 0.1) is 6.92 Å². The summed E-state index contributed by atoms with van der Waals surface area (Å²) < 4.78 is 42.3. The molecule has 0 aromatic heterocycles. The van der Waals surface area contributed by atoms with Crippen LogP contribution in [0.4, 0.5) is 0 Å². The molecule has 1 N–H and O–H groups in total. The number of aliphatic hydroxyl groups is 1. The number of hydrogen-bond acceptors (Lipinski definition) is 8. The lowest BCUT2D eigenvalue weighted by Crippen LogP contribution is -2.53. The van der Waals surface area contributed by atoms with Gasteiger partial charge >= 0.3 is 0 Å². The molecule has 1 fully saturated rings. The standard InChI is InChI=1S/C25H40O6S3/c1-20(2)10-8-15-24(5,26)25(30-22(4)31-33-19-9-18-32-25)16-6-7-17-29-34(27,28)23-13-11-21(3)12-14-23/h11-14,22,26H,1,6-10,15-19H2,2-5H3. The Kier molecular flexibility index (Phi) is 11.9. The van der Waals surface area contributed by atoms with Crippen LogP contribution in [0.5, 0.6) is 0 Å². The first-order valence-corrected chi connectivity index (χ1v) is 15.2. The summed E-state index contributed by atoms with van der Waals surface area (Å²) >= 11 is 3.04. The monoisotopic (exact) mass is 532 g/mol. The third kappa shape index (κ3) is 9.15. The Morgan fingerprint density at radius 2 is 1.97 bits per heavy atom. The van der Waals surface area contributed by atoms with Crippen LogP contribution in [0.25, 0.3) is 0 Å². The van der Waals surface area contributed by atoms with E-state index in [9.17, 15) is 13.5 Å². The van der Waals surface area contributed by atoms with Crippen molar-refractivity contribution in [2.75, 3.05) is 18.1 Å². The van der Waals surface area contributed by atoms with Gasteiger partial charge in [0.25, 0.3) is 10.1 Å². The van der Waals surface area contributed by atoms with E-state index >= 15 is 0 Å². The molecule has 34 heavy (non-hydrogen) atoms. The van der Waals surface area contributed by atoms with E-state index in [1.165, 1.54) is 12.0 Å². The second kappa shape index (κ2) is 13.7. The maximum atomic E-state index is 12.5. The molecule has 0 aliphatic carbocycles. The number of benzene rings is 1. The molecular weight excluding hydrogens is 492 g/mol. The van der Waals surface area contributed by atoms with Crippen LogP contribution >= 0.6 is 23.8 Å². The second-order valence-electron chi connectivity index (χ2n) is 9.19. The highest BCUT2D eigenvalue weighted by molar-refractivity contribution is 8.00. The number of thioether (sulfide) groups is 1. The molecule has 194 valence electrons. The summed E-state index contributed by atoms with van der Waals surface area (Å²) in [5, 5.41) is 11.6. The van der Waals surface area contributed by atoms with E-state index in [1.54, 1.807) is 36.0 Å². The number of rotatable bonds is 12. The van der Waals surface area contributed by atoms with Gasteiger partial charge in [-0.3, -0.25) is 8.37 Å². The molecule has 1 aromatic rings. The average molecular weight is 533 g/mol. The van der Waals surface area contributed by atoms with Gasteiger partial charge in [-0.05, 0) is 103 Å². The molecule has 1 aliphatic heterocycles. The van der Waals surface area contributed by atoms with E-state index < -0.39 is 26.9 Å². The predicted molar refractivity (Wildman–Crippen MR) is 141 cm³/mol. The van der Waals surface area contributed by atoms with Gasteiger partial charge in [-0.2, -0.15) is 8.42 Å². The van der Waals surface area contributed by atoms with Crippen LogP contribution in [0.3, 0.4) is 0 Å². The molecule has 6 nitrogen and oxygen atoms in total. The summed E-state index contributed by atoms with van der Waals surface area (Å²) in [6.07, 6.45) is 4.46. The van der Waals surface area contributed by atoms with Gasteiger partial charge in [-0.1, -0.05) is 23.3 Å². The summed E-state index contributed by atoms with van der Waals surface area (Å²) in [4.78, 5) is -0.698. The van der Waals surface area contributed by atoms with Crippen molar-refractivity contribution in [3.63, 3.8) is 0 Å². The molecular formula is C25H40O6S3. The zero-order chi connectivity index (χ0) is 25.2. The van der Waals surface area contributed by atoms with Crippen LogP contribution in [0.1, 0.15) is 71.3 Å². The van der Waals surface area contributed by atoms with Gasteiger partial charge in [0.15, 0.2) is 6.29 Å². The lowest BCUT2D eigenvalue weighted by atomic mass is 9.88. The van der Waals surface area contributed by atoms with Crippen molar-refractivity contribution in [3.8, 4) is 0 Å². The van der Waals surface area contributed by atoms with E-state index in [4.69, 9.17) is 13.1 Å². The van der Waals surface area contributed by atoms with Crippen LogP contribution in [-0.2, 0) is 23.2 Å². The van der Waals surface area contributed by atoms with E-state index in [2.05, 4.69) is 6.58 Å². The first kappa shape index (κ1) is 29.7. The average Bonchev–Trinajstić information content (AvgIpc) is 2.84. The van der Waals surface area contributed by atoms with Gasteiger partial charge in [0, 0.05) is 5.75 Å². The molecule has 3 atom stereocenters. The number of hydrogen-bond donors (Lipinski definition) is 1. The van der Waals surface area contributed by atoms with Crippen molar-refractivity contribution < 1.29 is 26.6 Å². The SMILES string of the molecule is C=C(C)CCCC(C)(O)C1(CCCCOS(=O)(=O)c2ccc(C)cc2)OC(C)OSCCCS1. The molecule has 0 saturated carbocycles.